The zero-order chi connectivity index (χ0) is 18.7. The molecule has 0 bridgehead atoms. The smallest absolute Gasteiger partial charge is 0.266 e. The molecule has 0 unspecified atom stereocenters. The summed E-state index contributed by atoms with van der Waals surface area (Å²) in [6.45, 7) is -0.197. The average Bonchev–Trinajstić information content (AvgIpc) is 2.84. The molecule has 3 rings (SSSR count). The van der Waals surface area contributed by atoms with Crippen molar-refractivity contribution in [2.75, 3.05) is 11.9 Å². The van der Waals surface area contributed by atoms with Gasteiger partial charge >= 0.3 is 0 Å². The lowest BCUT2D eigenvalue weighted by Crippen LogP contribution is -2.36. The maximum atomic E-state index is 12.9. The number of nitrogens with one attached hydrogen (secondary N) is 1. The van der Waals surface area contributed by atoms with Crippen LogP contribution in [0.25, 0.3) is 6.08 Å². The van der Waals surface area contributed by atoms with Gasteiger partial charge in [-0.05, 0) is 48.0 Å². The number of carbonyl (C=O) groups excluding carboxylic acids is 2. The molecule has 2 amide bonds. The lowest BCUT2D eigenvalue weighted by atomic mass is 10.2. The standard InChI is InChI=1S/C18H12BrFN2O2S2/c19-12-3-1-2-11(8-12)9-15-17(24)22(18(25)26-15)10-16(23)21-14-6-4-13(20)5-7-14/h1-9H,10H2,(H,21,23)/b15-9+. The Morgan fingerprint density at radius 1 is 1.27 bits per heavy atom. The summed E-state index contributed by atoms with van der Waals surface area (Å²) in [5.74, 6) is -1.11. The van der Waals surface area contributed by atoms with Crippen LogP contribution in [-0.2, 0) is 9.59 Å². The molecular formula is C18H12BrFN2O2S2. The Kier molecular flexibility index (Phi) is 5.85. The van der Waals surface area contributed by atoms with E-state index < -0.39 is 11.7 Å². The third kappa shape index (κ3) is 4.57. The van der Waals surface area contributed by atoms with Crippen LogP contribution in [0.4, 0.5) is 10.1 Å². The molecule has 2 aromatic carbocycles. The van der Waals surface area contributed by atoms with Gasteiger partial charge in [-0.15, -0.1) is 0 Å². The third-order valence-corrected chi connectivity index (χ3v) is 5.32. The van der Waals surface area contributed by atoms with E-state index in [0.717, 1.165) is 21.8 Å². The lowest BCUT2D eigenvalue weighted by molar-refractivity contribution is -0.126. The zero-order valence-electron chi connectivity index (χ0n) is 13.2. The molecule has 0 aromatic heterocycles. The molecular weight excluding hydrogens is 439 g/mol. The van der Waals surface area contributed by atoms with Gasteiger partial charge in [-0.1, -0.05) is 52.0 Å². The van der Waals surface area contributed by atoms with Gasteiger partial charge in [-0.2, -0.15) is 0 Å². The van der Waals surface area contributed by atoms with E-state index >= 15 is 0 Å². The first-order chi connectivity index (χ1) is 12.4. The fourth-order valence-electron chi connectivity index (χ4n) is 2.26. The number of thiocarbonyl (C=S) groups is 1. The first kappa shape index (κ1) is 18.8. The van der Waals surface area contributed by atoms with Crippen molar-refractivity contribution in [2.24, 2.45) is 0 Å². The Labute approximate surface area is 167 Å². The van der Waals surface area contributed by atoms with Crippen LogP contribution in [0, 0.1) is 5.82 Å². The molecule has 0 spiro atoms. The van der Waals surface area contributed by atoms with Crippen molar-refractivity contribution in [3.8, 4) is 0 Å². The number of hydrogen-bond donors (Lipinski definition) is 1. The van der Waals surface area contributed by atoms with E-state index in [0.29, 0.717) is 14.9 Å². The maximum Gasteiger partial charge on any atom is 0.266 e. The number of hydrogen-bond acceptors (Lipinski definition) is 4. The Hall–Kier alpha value is -2.03. The Balaban J connectivity index is 1.69. The summed E-state index contributed by atoms with van der Waals surface area (Å²) in [7, 11) is 0. The summed E-state index contributed by atoms with van der Waals surface area (Å²) in [6.07, 6.45) is 1.74. The van der Waals surface area contributed by atoms with Crippen molar-refractivity contribution in [1.29, 1.82) is 0 Å². The van der Waals surface area contributed by atoms with Crippen LogP contribution in [0.1, 0.15) is 5.56 Å². The van der Waals surface area contributed by atoms with Crippen LogP contribution in [0.5, 0.6) is 0 Å². The van der Waals surface area contributed by atoms with Gasteiger partial charge in [0.05, 0.1) is 4.91 Å². The number of amides is 2. The van der Waals surface area contributed by atoms with Gasteiger partial charge < -0.3 is 5.32 Å². The van der Waals surface area contributed by atoms with E-state index in [9.17, 15) is 14.0 Å². The summed E-state index contributed by atoms with van der Waals surface area (Å²) < 4.78 is 14.1. The highest BCUT2D eigenvalue weighted by atomic mass is 79.9. The van der Waals surface area contributed by atoms with Gasteiger partial charge in [0.2, 0.25) is 5.91 Å². The van der Waals surface area contributed by atoms with Crippen LogP contribution in [0.15, 0.2) is 57.9 Å². The van der Waals surface area contributed by atoms with E-state index in [4.69, 9.17) is 12.2 Å². The first-order valence-corrected chi connectivity index (χ1v) is 9.50. The average molecular weight is 451 g/mol. The van der Waals surface area contributed by atoms with E-state index in [1.54, 1.807) is 6.08 Å². The Bertz CT molecular complexity index is 916. The quantitative estimate of drug-likeness (QED) is 0.552. The summed E-state index contributed by atoms with van der Waals surface area (Å²) in [5.41, 5.74) is 1.31. The van der Waals surface area contributed by atoms with Gasteiger partial charge in [0.1, 0.15) is 16.7 Å². The van der Waals surface area contributed by atoms with Gasteiger partial charge in [0.15, 0.2) is 0 Å². The predicted molar refractivity (Wildman–Crippen MR) is 109 cm³/mol. The number of thioether (sulfide) groups is 1. The number of carbonyl (C=O) groups is 2. The second-order valence-corrected chi connectivity index (χ2v) is 7.97. The molecule has 1 heterocycles. The number of rotatable bonds is 4. The Morgan fingerprint density at radius 3 is 2.69 bits per heavy atom. The second kappa shape index (κ2) is 8.11. The number of benzene rings is 2. The molecule has 0 atom stereocenters. The minimum absolute atomic E-state index is 0.197. The van der Waals surface area contributed by atoms with Gasteiger partial charge in [0.25, 0.3) is 5.91 Å². The second-order valence-electron chi connectivity index (χ2n) is 5.38. The highest BCUT2D eigenvalue weighted by Gasteiger charge is 2.33. The molecule has 1 aliphatic rings. The van der Waals surface area contributed by atoms with Crippen molar-refractivity contribution >= 4 is 67.8 Å². The van der Waals surface area contributed by atoms with Crippen LogP contribution in [0.3, 0.4) is 0 Å². The fourth-order valence-corrected chi connectivity index (χ4v) is 3.93. The topological polar surface area (TPSA) is 49.4 Å². The van der Waals surface area contributed by atoms with Crippen LogP contribution >= 0.6 is 39.9 Å². The van der Waals surface area contributed by atoms with Gasteiger partial charge in [-0.3, -0.25) is 14.5 Å². The first-order valence-electron chi connectivity index (χ1n) is 7.49. The number of halogens is 2. The molecule has 0 saturated carbocycles. The molecule has 26 heavy (non-hydrogen) atoms. The van der Waals surface area contributed by atoms with E-state index in [-0.39, 0.29) is 12.5 Å². The molecule has 1 fully saturated rings. The van der Waals surface area contributed by atoms with Crippen molar-refractivity contribution in [2.45, 2.75) is 0 Å². The molecule has 8 heteroatoms. The third-order valence-electron chi connectivity index (χ3n) is 3.45. The minimum atomic E-state index is -0.406. The van der Waals surface area contributed by atoms with Crippen LogP contribution in [0.2, 0.25) is 0 Å². The number of nitrogens with zero attached hydrogens (tertiary/aromatic N) is 1. The van der Waals surface area contributed by atoms with E-state index in [1.807, 2.05) is 24.3 Å². The van der Waals surface area contributed by atoms with Crippen molar-refractivity contribution in [1.82, 2.24) is 4.90 Å². The molecule has 1 N–H and O–H groups in total. The summed E-state index contributed by atoms with van der Waals surface area (Å²) >= 11 is 9.77. The summed E-state index contributed by atoms with van der Waals surface area (Å²) in [4.78, 5) is 26.4. The van der Waals surface area contributed by atoms with E-state index in [1.165, 1.54) is 29.2 Å². The Morgan fingerprint density at radius 2 is 2.00 bits per heavy atom. The summed E-state index contributed by atoms with van der Waals surface area (Å²) in [5, 5.41) is 2.62. The molecule has 1 saturated heterocycles. The van der Waals surface area contributed by atoms with Crippen molar-refractivity contribution < 1.29 is 14.0 Å². The highest BCUT2D eigenvalue weighted by Crippen LogP contribution is 2.32. The minimum Gasteiger partial charge on any atom is -0.325 e. The van der Waals surface area contributed by atoms with E-state index in [2.05, 4.69) is 21.2 Å². The SMILES string of the molecule is O=C(CN1C(=O)/C(=C\c2cccc(Br)c2)SC1=S)Nc1ccc(F)cc1. The van der Waals surface area contributed by atoms with Gasteiger partial charge in [-0.25, -0.2) is 4.39 Å². The van der Waals surface area contributed by atoms with Crippen LogP contribution in [-0.4, -0.2) is 27.6 Å². The molecule has 4 nitrogen and oxygen atoms in total. The normalized spacial score (nSPS) is 15.6. The zero-order valence-corrected chi connectivity index (χ0v) is 16.5. The predicted octanol–water partition coefficient (Wildman–Crippen LogP) is 4.43. The summed E-state index contributed by atoms with van der Waals surface area (Å²) in [6, 6.07) is 12.9. The monoisotopic (exact) mass is 450 g/mol. The fraction of sp³-hybridized carbons (Fsp3) is 0.0556. The highest BCUT2D eigenvalue weighted by molar-refractivity contribution is 9.10. The molecule has 132 valence electrons. The van der Waals surface area contributed by atoms with Crippen LogP contribution < -0.4 is 5.32 Å². The molecule has 0 radical (unpaired) electrons. The molecule has 1 aliphatic heterocycles. The van der Waals surface area contributed by atoms with Crippen molar-refractivity contribution in [3.05, 3.63) is 69.3 Å². The maximum absolute atomic E-state index is 12.9. The van der Waals surface area contributed by atoms with Crippen molar-refractivity contribution in [3.63, 3.8) is 0 Å². The molecule has 0 aliphatic carbocycles. The van der Waals surface area contributed by atoms with Gasteiger partial charge in [0, 0.05) is 10.2 Å². The lowest BCUT2D eigenvalue weighted by Gasteiger charge is -2.14. The largest absolute Gasteiger partial charge is 0.325 e. The number of anilines is 1. The molecule has 2 aromatic rings.